The summed E-state index contributed by atoms with van der Waals surface area (Å²) < 4.78 is 39.2. The summed E-state index contributed by atoms with van der Waals surface area (Å²) in [5, 5.41) is 0. The van der Waals surface area contributed by atoms with Crippen LogP contribution < -0.4 is 4.72 Å². The van der Waals surface area contributed by atoms with Crippen molar-refractivity contribution in [2.24, 2.45) is 5.41 Å². The first kappa shape index (κ1) is 15.0. The molecule has 94 valence electrons. The minimum absolute atomic E-state index is 0.0266. The van der Waals surface area contributed by atoms with Crippen LogP contribution in [0.4, 0.5) is 3.89 Å². The molecule has 1 N–H and O–H groups in total. The molecule has 0 saturated carbocycles. The first-order chi connectivity index (χ1) is 7.03. The van der Waals surface area contributed by atoms with Gasteiger partial charge in [0.05, 0.1) is 6.61 Å². The minimum atomic E-state index is -4.72. The molecule has 0 aromatic heterocycles. The Balaban J connectivity index is 4.15. The molecule has 0 heterocycles. The van der Waals surface area contributed by atoms with Crippen molar-refractivity contribution in [1.82, 2.24) is 4.72 Å². The maximum atomic E-state index is 12.2. The van der Waals surface area contributed by atoms with E-state index in [0.29, 0.717) is 0 Å². The monoisotopic (exact) mass is 253 g/mol. The predicted molar refractivity (Wildman–Crippen MR) is 57.6 cm³/mol. The molecule has 0 bridgehead atoms. The fourth-order valence-electron chi connectivity index (χ4n) is 0.717. The lowest BCUT2D eigenvalue weighted by molar-refractivity contribution is -0.141. The molecule has 0 fully saturated rings. The summed E-state index contributed by atoms with van der Waals surface area (Å²) in [5.74, 6) is -0.559. The molecule has 0 aliphatic heterocycles. The zero-order valence-corrected chi connectivity index (χ0v) is 10.4. The number of hydrogen-bond donors (Lipinski definition) is 1. The molecule has 0 aliphatic carbocycles. The average Bonchev–Trinajstić information content (AvgIpc) is 2.10. The van der Waals surface area contributed by atoms with E-state index in [1.807, 2.05) is 0 Å². The first-order valence-corrected chi connectivity index (χ1v) is 5.94. The van der Waals surface area contributed by atoms with Crippen molar-refractivity contribution in [3.8, 4) is 0 Å². The summed E-state index contributed by atoms with van der Waals surface area (Å²) in [5.41, 5.74) is -0.438. The Morgan fingerprint density at radius 2 is 2.00 bits per heavy atom. The van der Waals surface area contributed by atoms with Gasteiger partial charge in [0.15, 0.2) is 0 Å². The van der Waals surface area contributed by atoms with Gasteiger partial charge < -0.3 is 4.74 Å². The number of hydrogen-bond acceptors (Lipinski definition) is 4. The molecule has 0 radical (unpaired) electrons. The second kappa shape index (κ2) is 5.40. The van der Waals surface area contributed by atoms with Crippen molar-refractivity contribution in [1.29, 1.82) is 0 Å². The van der Waals surface area contributed by atoms with Gasteiger partial charge in [-0.15, -0.1) is 0 Å². The lowest BCUT2D eigenvalue weighted by Gasteiger charge is -2.23. The standard InChI is InChI=1S/C9H16FNO4S/c1-7(2)8(12)15-6-9(3,4)5-11-16(10,13)14/h11H,1,5-6H2,2-4H3. The quantitative estimate of drug-likeness (QED) is 0.434. The first-order valence-electron chi connectivity index (χ1n) is 4.55. The number of carbonyl (C=O) groups is 1. The smallest absolute Gasteiger partial charge is 0.372 e. The SMILES string of the molecule is C=C(C)C(=O)OCC(C)(C)CNS(=O)(=O)F. The number of ether oxygens (including phenoxy) is 1. The van der Waals surface area contributed by atoms with E-state index >= 15 is 0 Å². The van der Waals surface area contributed by atoms with Gasteiger partial charge in [0.25, 0.3) is 0 Å². The summed E-state index contributed by atoms with van der Waals surface area (Å²) >= 11 is 0. The number of rotatable bonds is 6. The highest BCUT2D eigenvalue weighted by Gasteiger charge is 2.23. The van der Waals surface area contributed by atoms with Gasteiger partial charge in [-0.1, -0.05) is 24.3 Å². The summed E-state index contributed by atoms with van der Waals surface area (Å²) in [7, 11) is -4.72. The van der Waals surface area contributed by atoms with Crippen molar-refractivity contribution in [2.75, 3.05) is 13.2 Å². The van der Waals surface area contributed by atoms with Crippen molar-refractivity contribution < 1.29 is 21.8 Å². The molecule has 0 amide bonds. The van der Waals surface area contributed by atoms with Crippen LogP contribution >= 0.6 is 0 Å². The number of carbonyl (C=O) groups excluding carboxylic acids is 1. The highest BCUT2D eigenvalue weighted by atomic mass is 32.3. The van der Waals surface area contributed by atoms with Gasteiger partial charge in [-0.3, -0.25) is 0 Å². The number of nitrogens with one attached hydrogen (secondary N) is 1. The molecule has 0 spiro atoms. The summed E-state index contributed by atoms with van der Waals surface area (Å²) in [6.45, 7) is 7.98. The molecule has 0 rings (SSSR count). The number of esters is 1. The predicted octanol–water partition coefficient (Wildman–Crippen LogP) is 0.936. The molecule has 7 heteroatoms. The van der Waals surface area contributed by atoms with Crippen LogP contribution in [0.1, 0.15) is 20.8 Å². The van der Waals surface area contributed by atoms with E-state index in [4.69, 9.17) is 4.74 Å². The maximum Gasteiger partial charge on any atom is 0.372 e. The zero-order valence-electron chi connectivity index (χ0n) is 9.54. The lowest BCUT2D eigenvalue weighted by atomic mass is 9.95. The van der Waals surface area contributed by atoms with Crippen LogP contribution in [-0.4, -0.2) is 27.5 Å². The highest BCUT2D eigenvalue weighted by Crippen LogP contribution is 2.15. The Morgan fingerprint density at radius 1 is 1.50 bits per heavy atom. The largest absolute Gasteiger partial charge is 0.462 e. The molecular formula is C9H16FNO4S. The molecule has 0 aromatic carbocycles. The molecule has 0 aromatic rings. The van der Waals surface area contributed by atoms with Gasteiger partial charge in [-0.05, 0) is 6.92 Å². The van der Waals surface area contributed by atoms with E-state index in [0.717, 1.165) is 0 Å². The molecule has 0 saturated heterocycles. The molecule has 16 heavy (non-hydrogen) atoms. The highest BCUT2D eigenvalue weighted by molar-refractivity contribution is 7.84. The Bertz CT molecular complexity index is 375. The van der Waals surface area contributed by atoms with Gasteiger partial charge in [0, 0.05) is 17.5 Å². The minimum Gasteiger partial charge on any atom is -0.462 e. The molecular weight excluding hydrogens is 237 g/mol. The third-order valence-electron chi connectivity index (χ3n) is 1.67. The van der Waals surface area contributed by atoms with Gasteiger partial charge in [-0.25, -0.2) is 4.79 Å². The summed E-state index contributed by atoms with van der Waals surface area (Å²) in [4.78, 5) is 11.1. The Morgan fingerprint density at radius 3 is 2.38 bits per heavy atom. The molecule has 5 nitrogen and oxygen atoms in total. The van der Waals surface area contributed by atoms with E-state index in [1.165, 1.54) is 6.92 Å². The van der Waals surface area contributed by atoms with Crippen molar-refractivity contribution >= 4 is 16.4 Å². The lowest BCUT2D eigenvalue weighted by Crippen LogP contribution is -2.35. The average molecular weight is 253 g/mol. The Hall–Kier alpha value is -0.950. The van der Waals surface area contributed by atoms with E-state index in [-0.39, 0.29) is 18.7 Å². The van der Waals surface area contributed by atoms with Gasteiger partial charge in [0.2, 0.25) is 0 Å². The van der Waals surface area contributed by atoms with Crippen LogP contribution in [0, 0.1) is 5.41 Å². The summed E-state index contributed by atoms with van der Waals surface area (Å²) in [6, 6.07) is 0. The Kier molecular flexibility index (Phi) is 5.08. The molecule has 0 aliphatic rings. The van der Waals surface area contributed by atoms with E-state index in [2.05, 4.69) is 6.58 Å². The van der Waals surface area contributed by atoms with Crippen molar-refractivity contribution in [3.05, 3.63) is 12.2 Å². The number of halogens is 1. The molecule has 0 unspecified atom stereocenters. The van der Waals surface area contributed by atoms with Crippen LogP contribution in [0.25, 0.3) is 0 Å². The van der Waals surface area contributed by atoms with E-state index < -0.39 is 21.8 Å². The summed E-state index contributed by atoms with van der Waals surface area (Å²) in [6.07, 6.45) is 0. The van der Waals surface area contributed by atoms with E-state index in [1.54, 1.807) is 18.6 Å². The topological polar surface area (TPSA) is 72.5 Å². The van der Waals surface area contributed by atoms with Gasteiger partial charge >= 0.3 is 16.4 Å². The fourth-order valence-corrected chi connectivity index (χ4v) is 1.28. The van der Waals surface area contributed by atoms with E-state index in [9.17, 15) is 17.1 Å². The van der Waals surface area contributed by atoms with Crippen LogP contribution in [-0.2, 0) is 19.9 Å². The zero-order chi connectivity index (χ0) is 13.0. The fraction of sp³-hybridized carbons (Fsp3) is 0.667. The van der Waals surface area contributed by atoms with Crippen LogP contribution in [0.3, 0.4) is 0 Å². The third kappa shape index (κ3) is 7.36. The van der Waals surface area contributed by atoms with Crippen LogP contribution in [0.15, 0.2) is 12.2 Å². The van der Waals surface area contributed by atoms with Crippen LogP contribution in [0.5, 0.6) is 0 Å². The van der Waals surface area contributed by atoms with Crippen molar-refractivity contribution in [3.63, 3.8) is 0 Å². The molecule has 0 atom stereocenters. The maximum absolute atomic E-state index is 12.2. The van der Waals surface area contributed by atoms with Crippen molar-refractivity contribution in [2.45, 2.75) is 20.8 Å². The van der Waals surface area contributed by atoms with Crippen LogP contribution in [0.2, 0.25) is 0 Å². The normalized spacial score (nSPS) is 12.2. The Labute approximate surface area is 95.0 Å². The van der Waals surface area contributed by atoms with Gasteiger partial charge in [-0.2, -0.15) is 13.1 Å². The second-order valence-electron chi connectivity index (χ2n) is 4.28. The third-order valence-corrected chi connectivity index (χ3v) is 2.15. The second-order valence-corrected chi connectivity index (χ2v) is 5.44. The van der Waals surface area contributed by atoms with Gasteiger partial charge in [0.1, 0.15) is 0 Å².